The summed E-state index contributed by atoms with van der Waals surface area (Å²) in [4.78, 5) is 16.7. The van der Waals surface area contributed by atoms with Gasteiger partial charge in [-0.2, -0.15) is 0 Å². The van der Waals surface area contributed by atoms with Crippen LogP contribution in [0.4, 0.5) is 0 Å². The Balaban J connectivity index is 1.50. The molecule has 5 heteroatoms. The molecule has 0 radical (unpaired) electrons. The normalized spacial score (nSPS) is 22.7. The van der Waals surface area contributed by atoms with E-state index >= 15 is 0 Å². The average Bonchev–Trinajstić information content (AvgIpc) is 3.03. The van der Waals surface area contributed by atoms with E-state index in [0.717, 1.165) is 51.4 Å². The highest BCUT2D eigenvalue weighted by Gasteiger charge is 2.30. The molecule has 0 unspecified atom stereocenters. The van der Waals surface area contributed by atoms with Crippen LogP contribution in [-0.2, 0) is 9.53 Å². The largest absolute Gasteiger partial charge is 0.491 e. The van der Waals surface area contributed by atoms with Crippen molar-refractivity contribution in [3.63, 3.8) is 0 Å². The summed E-state index contributed by atoms with van der Waals surface area (Å²) in [6.07, 6.45) is 2.10. The van der Waals surface area contributed by atoms with Gasteiger partial charge < -0.3 is 14.4 Å². The fraction of sp³-hybridized carbons (Fsp3) is 0.588. The summed E-state index contributed by atoms with van der Waals surface area (Å²) < 4.78 is 11.2. The first-order valence-electron chi connectivity index (χ1n) is 8.10. The van der Waals surface area contributed by atoms with Crippen molar-refractivity contribution in [1.29, 1.82) is 0 Å². The summed E-state index contributed by atoms with van der Waals surface area (Å²) in [6.45, 7) is 5.10. The van der Waals surface area contributed by atoms with Gasteiger partial charge in [-0.1, -0.05) is 18.2 Å². The molecule has 0 bridgehead atoms. The maximum absolute atomic E-state index is 12.5. The van der Waals surface area contributed by atoms with Gasteiger partial charge in [0.25, 0.3) is 0 Å². The van der Waals surface area contributed by atoms with Gasteiger partial charge in [-0.25, -0.2) is 0 Å². The molecule has 2 heterocycles. The smallest absolute Gasteiger partial charge is 0.237 e. The molecule has 0 saturated carbocycles. The van der Waals surface area contributed by atoms with Gasteiger partial charge in [-0.15, -0.1) is 0 Å². The number of amides is 1. The van der Waals surface area contributed by atoms with Crippen LogP contribution >= 0.6 is 0 Å². The number of carbonyl (C=O) groups excluding carboxylic acids is 1. The van der Waals surface area contributed by atoms with Crippen LogP contribution in [0.25, 0.3) is 0 Å². The molecule has 1 aromatic rings. The molecule has 120 valence electrons. The molecule has 0 spiro atoms. The lowest BCUT2D eigenvalue weighted by Crippen LogP contribution is -2.47. The van der Waals surface area contributed by atoms with Crippen LogP contribution in [0, 0.1) is 0 Å². The Morgan fingerprint density at radius 2 is 1.95 bits per heavy atom. The topological polar surface area (TPSA) is 42.0 Å². The number of benzene rings is 1. The van der Waals surface area contributed by atoms with E-state index in [-0.39, 0.29) is 11.9 Å². The molecule has 2 saturated heterocycles. The number of hydrogen-bond donors (Lipinski definition) is 0. The molecular formula is C17H24N2O3. The van der Waals surface area contributed by atoms with Crippen LogP contribution in [0.2, 0.25) is 0 Å². The third-order valence-electron chi connectivity index (χ3n) is 4.35. The number of nitrogens with zero attached hydrogens (tertiary/aromatic N) is 2. The average molecular weight is 304 g/mol. The number of rotatable bonds is 5. The minimum atomic E-state index is 0.203. The van der Waals surface area contributed by atoms with Crippen molar-refractivity contribution in [2.45, 2.75) is 18.9 Å². The summed E-state index contributed by atoms with van der Waals surface area (Å²) in [5.41, 5.74) is 0. The van der Waals surface area contributed by atoms with Gasteiger partial charge >= 0.3 is 0 Å². The second-order valence-corrected chi connectivity index (χ2v) is 5.90. The quantitative estimate of drug-likeness (QED) is 0.824. The van der Waals surface area contributed by atoms with Crippen molar-refractivity contribution in [1.82, 2.24) is 9.80 Å². The van der Waals surface area contributed by atoms with E-state index < -0.39 is 0 Å². The lowest BCUT2D eigenvalue weighted by Gasteiger charge is -2.30. The second-order valence-electron chi connectivity index (χ2n) is 5.90. The number of para-hydroxylation sites is 1. The van der Waals surface area contributed by atoms with E-state index in [1.807, 2.05) is 35.2 Å². The molecule has 2 aliphatic rings. The van der Waals surface area contributed by atoms with Crippen molar-refractivity contribution >= 4 is 5.91 Å². The molecule has 1 amide bonds. The van der Waals surface area contributed by atoms with Gasteiger partial charge in [-0.3, -0.25) is 9.69 Å². The van der Waals surface area contributed by atoms with Crippen LogP contribution in [0.1, 0.15) is 12.8 Å². The van der Waals surface area contributed by atoms with Gasteiger partial charge in [-0.05, 0) is 25.0 Å². The molecule has 2 fully saturated rings. The Labute approximate surface area is 131 Å². The van der Waals surface area contributed by atoms with Crippen LogP contribution < -0.4 is 4.74 Å². The third kappa shape index (κ3) is 3.99. The van der Waals surface area contributed by atoms with E-state index in [1.165, 1.54) is 0 Å². The Morgan fingerprint density at radius 1 is 1.18 bits per heavy atom. The number of likely N-dealkylation sites (tertiary alicyclic amines) is 1. The van der Waals surface area contributed by atoms with Gasteiger partial charge in [0.2, 0.25) is 5.91 Å². The number of ether oxygens (including phenoxy) is 2. The first kappa shape index (κ1) is 15.3. The first-order valence-corrected chi connectivity index (χ1v) is 8.10. The lowest BCUT2D eigenvalue weighted by molar-refractivity contribution is -0.134. The number of hydrogen-bond acceptors (Lipinski definition) is 4. The second kappa shape index (κ2) is 7.61. The molecule has 0 aliphatic carbocycles. The zero-order valence-corrected chi connectivity index (χ0v) is 12.9. The fourth-order valence-corrected chi connectivity index (χ4v) is 3.09. The van der Waals surface area contributed by atoms with E-state index in [2.05, 4.69) is 4.90 Å². The van der Waals surface area contributed by atoms with Gasteiger partial charge in [0, 0.05) is 19.6 Å². The lowest BCUT2D eigenvalue weighted by atomic mass is 10.2. The molecule has 2 aliphatic heterocycles. The highest BCUT2D eigenvalue weighted by atomic mass is 16.5. The Kier molecular flexibility index (Phi) is 5.29. The van der Waals surface area contributed by atoms with Gasteiger partial charge in [0.1, 0.15) is 12.4 Å². The highest BCUT2D eigenvalue weighted by molar-refractivity contribution is 5.79. The minimum absolute atomic E-state index is 0.203. The molecule has 0 N–H and O–H groups in total. The van der Waals surface area contributed by atoms with Crippen molar-refractivity contribution in [3.8, 4) is 5.75 Å². The SMILES string of the molecule is O=C(CN1CCOCC1)N1CCC[C@H]1COc1ccccc1. The molecule has 22 heavy (non-hydrogen) atoms. The Hall–Kier alpha value is -1.59. The van der Waals surface area contributed by atoms with E-state index in [1.54, 1.807) is 0 Å². The van der Waals surface area contributed by atoms with Crippen molar-refractivity contribution in [3.05, 3.63) is 30.3 Å². The summed E-state index contributed by atoms with van der Waals surface area (Å²) in [6, 6.07) is 10.0. The van der Waals surface area contributed by atoms with Gasteiger partial charge in [0.15, 0.2) is 0 Å². The zero-order chi connectivity index (χ0) is 15.2. The predicted octanol–water partition coefficient (Wildman–Crippen LogP) is 1.39. The summed E-state index contributed by atoms with van der Waals surface area (Å²) >= 11 is 0. The van der Waals surface area contributed by atoms with Gasteiger partial charge in [0.05, 0.1) is 25.8 Å². The number of morpholine rings is 1. The van der Waals surface area contributed by atoms with E-state index in [4.69, 9.17) is 9.47 Å². The zero-order valence-electron chi connectivity index (χ0n) is 12.9. The molecular weight excluding hydrogens is 280 g/mol. The highest BCUT2D eigenvalue weighted by Crippen LogP contribution is 2.19. The molecule has 1 atom stereocenters. The summed E-state index contributed by atoms with van der Waals surface area (Å²) in [5, 5.41) is 0. The van der Waals surface area contributed by atoms with Crippen LogP contribution in [0.5, 0.6) is 5.75 Å². The van der Waals surface area contributed by atoms with Crippen LogP contribution in [-0.4, -0.2) is 67.7 Å². The summed E-state index contributed by atoms with van der Waals surface area (Å²) in [7, 11) is 0. The molecule has 5 nitrogen and oxygen atoms in total. The Morgan fingerprint density at radius 3 is 2.73 bits per heavy atom. The van der Waals surface area contributed by atoms with E-state index in [9.17, 15) is 4.79 Å². The third-order valence-corrected chi connectivity index (χ3v) is 4.35. The van der Waals surface area contributed by atoms with Crippen LogP contribution in [0.3, 0.4) is 0 Å². The minimum Gasteiger partial charge on any atom is -0.491 e. The maximum atomic E-state index is 12.5. The maximum Gasteiger partial charge on any atom is 0.237 e. The molecule has 3 rings (SSSR count). The predicted molar refractivity (Wildman–Crippen MR) is 83.9 cm³/mol. The fourth-order valence-electron chi connectivity index (χ4n) is 3.09. The van der Waals surface area contributed by atoms with E-state index in [0.29, 0.717) is 13.2 Å². The van der Waals surface area contributed by atoms with Crippen molar-refractivity contribution in [2.24, 2.45) is 0 Å². The first-order chi connectivity index (χ1) is 10.8. The monoisotopic (exact) mass is 304 g/mol. The summed E-state index contributed by atoms with van der Waals surface area (Å²) in [5.74, 6) is 1.09. The standard InChI is InChI=1S/C17H24N2O3/c20-17(13-18-9-11-21-12-10-18)19-8-4-5-15(19)14-22-16-6-2-1-3-7-16/h1-3,6-7,15H,4-5,8-14H2/t15-/m0/s1. The molecule has 1 aromatic carbocycles. The molecule has 0 aromatic heterocycles. The number of carbonyl (C=O) groups is 1. The Bertz CT molecular complexity index is 474. The van der Waals surface area contributed by atoms with Crippen molar-refractivity contribution < 1.29 is 14.3 Å². The van der Waals surface area contributed by atoms with Crippen molar-refractivity contribution in [2.75, 3.05) is 46.0 Å². The van der Waals surface area contributed by atoms with Crippen LogP contribution in [0.15, 0.2) is 30.3 Å².